The summed E-state index contributed by atoms with van der Waals surface area (Å²) in [5.41, 5.74) is 0.900. The van der Waals surface area contributed by atoms with E-state index in [2.05, 4.69) is 11.1 Å². The molecule has 0 saturated heterocycles. The predicted octanol–water partition coefficient (Wildman–Crippen LogP) is 4.87. The van der Waals surface area contributed by atoms with Gasteiger partial charge in [0.2, 0.25) is 0 Å². The second-order valence-electron chi connectivity index (χ2n) is 6.70. The number of aryl methyl sites for hydroxylation is 1. The zero-order valence-electron chi connectivity index (χ0n) is 16.2. The van der Waals surface area contributed by atoms with Crippen LogP contribution in [0.5, 0.6) is 5.75 Å². The lowest BCUT2D eigenvalue weighted by Crippen LogP contribution is -2.19. The summed E-state index contributed by atoms with van der Waals surface area (Å²) >= 11 is 0. The minimum Gasteiger partial charge on any atom is -0.424 e. The fourth-order valence-electron chi connectivity index (χ4n) is 2.89. The molecule has 154 valence electrons. The maximum Gasteiger partial charge on any atom is 0.397 e. The van der Waals surface area contributed by atoms with Gasteiger partial charge >= 0.3 is 16.4 Å². The van der Waals surface area contributed by atoms with Crippen molar-refractivity contribution in [3.05, 3.63) is 29.8 Å². The number of para-hydroxylation sites is 1. The second-order valence-corrected chi connectivity index (χ2v) is 7.79. The second kappa shape index (κ2) is 13.7. The first-order valence-corrected chi connectivity index (χ1v) is 11.2. The molecule has 0 aromatic heterocycles. The number of hydrogen-bond acceptors (Lipinski definition) is 5. The highest BCUT2D eigenvalue weighted by Gasteiger charge is 2.13. The third-order valence-corrected chi connectivity index (χ3v) is 4.74. The van der Waals surface area contributed by atoms with E-state index in [1.807, 2.05) is 12.1 Å². The van der Waals surface area contributed by atoms with Crippen molar-refractivity contribution in [2.24, 2.45) is 0 Å². The zero-order valence-corrected chi connectivity index (χ0v) is 17.0. The minimum absolute atomic E-state index is 0.400. The molecule has 1 N–H and O–H groups in total. The van der Waals surface area contributed by atoms with E-state index < -0.39 is 23.0 Å². The van der Waals surface area contributed by atoms with Gasteiger partial charge in [-0.25, -0.2) is 8.98 Å². The lowest BCUT2D eigenvalue weighted by atomic mass is 10.0. The summed E-state index contributed by atoms with van der Waals surface area (Å²) in [6.45, 7) is 1.37. The van der Waals surface area contributed by atoms with Crippen molar-refractivity contribution in [3.63, 3.8) is 0 Å². The van der Waals surface area contributed by atoms with Crippen LogP contribution in [0.25, 0.3) is 0 Å². The standard InChI is InChI=1S/C20H32O6S/c1-2-3-4-5-6-7-8-9-10-11-14-18-15-12-13-16-19(18)26-20(21)17-25-27(22,23)24/h12-13,15-16H,2-11,14,17H2,1H3,(H,22,23,24). The molecule has 6 nitrogen and oxygen atoms in total. The van der Waals surface area contributed by atoms with Crippen molar-refractivity contribution in [3.8, 4) is 5.75 Å². The molecule has 0 radical (unpaired) electrons. The van der Waals surface area contributed by atoms with Gasteiger partial charge in [-0.1, -0.05) is 82.9 Å². The molecule has 27 heavy (non-hydrogen) atoms. The van der Waals surface area contributed by atoms with Gasteiger partial charge in [0.05, 0.1) is 0 Å². The van der Waals surface area contributed by atoms with Gasteiger partial charge in [0.15, 0.2) is 6.61 Å². The molecule has 0 aliphatic carbocycles. The summed E-state index contributed by atoms with van der Waals surface area (Å²) in [5.74, 6) is -0.472. The summed E-state index contributed by atoms with van der Waals surface area (Å²) in [6.07, 6.45) is 13.3. The summed E-state index contributed by atoms with van der Waals surface area (Å²) in [4.78, 5) is 11.6. The Labute approximate surface area is 163 Å². The SMILES string of the molecule is CCCCCCCCCCCCc1ccccc1OC(=O)COS(=O)(=O)O. The third-order valence-electron chi connectivity index (χ3n) is 4.32. The Morgan fingerprint density at radius 2 is 1.48 bits per heavy atom. The molecule has 0 amide bonds. The van der Waals surface area contributed by atoms with Gasteiger partial charge in [-0.05, 0) is 24.5 Å². The van der Waals surface area contributed by atoms with Crippen molar-refractivity contribution >= 4 is 16.4 Å². The molecule has 0 unspecified atom stereocenters. The average molecular weight is 401 g/mol. The van der Waals surface area contributed by atoms with Crippen LogP contribution in [0.1, 0.15) is 76.7 Å². The lowest BCUT2D eigenvalue weighted by Gasteiger charge is -2.10. The van der Waals surface area contributed by atoms with Crippen LogP contribution in [0.15, 0.2) is 24.3 Å². The number of carbonyl (C=O) groups is 1. The Morgan fingerprint density at radius 1 is 0.926 bits per heavy atom. The molecule has 0 atom stereocenters. The first-order valence-electron chi connectivity index (χ1n) is 9.83. The van der Waals surface area contributed by atoms with Gasteiger partial charge in [-0.3, -0.25) is 4.55 Å². The quantitative estimate of drug-likeness (QED) is 0.195. The molecule has 0 saturated carbocycles. The Hall–Kier alpha value is -1.44. The predicted molar refractivity (Wildman–Crippen MR) is 105 cm³/mol. The Morgan fingerprint density at radius 3 is 2.07 bits per heavy atom. The number of hydrogen-bond donors (Lipinski definition) is 1. The zero-order chi connectivity index (χ0) is 20.0. The van der Waals surface area contributed by atoms with Crippen molar-refractivity contribution in [2.45, 2.75) is 77.6 Å². The molecule has 0 spiro atoms. The van der Waals surface area contributed by atoms with Crippen LogP contribution in [-0.2, 0) is 25.8 Å². The molecule has 1 rings (SSSR count). The molecule has 1 aromatic carbocycles. The van der Waals surface area contributed by atoms with Crippen LogP contribution in [0, 0.1) is 0 Å². The normalized spacial score (nSPS) is 11.5. The van der Waals surface area contributed by atoms with Crippen molar-refractivity contribution in [1.29, 1.82) is 0 Å². The summed E-state index contributed by atoms with van der Waals surface area (Å²) < 4.78 is 38.6. The molecular weight excluding hydrogens is 368 g/mol. The van der Waals surface area contributed by atoms with Crippen molar-refractivity contribution in [2.75, 3.05) is 6.61 Å². The monoisotopic (exact) mass is 400 g/mol. The largest absolute Gasteiger partial charge is 0.424 e. The van der Waals surface area contributed by atoms with Gasteiger partial charge < -0.3 is 4.74 Å². The maximum atomic E-state index is 11.6. The summed E-state index contributed by atoms with van der Waals surface area (Å²) in [7, 11) is -4.65. The number of benzene rings is 1. The van der Waals surface area contributed by atoms with Crippen LogP contribution >= 0.6 is 0 Å². The Kier molecular flexibility index (Phi) is 12.0. The van der Waals surface area contributed by atoms with Crippen molar-refractivity contribution in [1.82, 2.24) is 0 Å². The van der Waals surface area contributed by atoms with Crippen LogP contribution in [0.2, 0.25) is 0 Å². The molecule has 0 bridgehead atoms. The smallest absolute Gasteiger partial charge is 0.397 e. The van der Waals surface area contributed by atoms with Crippen LogP contribution in [0.4, 0.5) is 0 Å². The number of ether oxygens (including phenoxy) is 1. The van der Waals surface area contributed by atoms with E-state index in [1.54, 1.807) is 12.1 Å². The highest BCUT2D eigenvalue weighted by Crippen LogP contribution is 2.21. The van der Waals surface area contributed by atoms with E-state index in [9.17, 15) is 13.2 Å². The summed E-state index contributed by atoms with van der Waals surface area (Å²) in [5, 5.41) is 0. The lowest BCUT2D eigenvalue weighted by molar-refractivity contribution is -0.136. The topological polar surface area (TPSA) is 89.9 Å². The van der Waals surface area contributed by atoms with Crippen LogP contribution in [0.3, 0.4) is 0 Å². The maximum absolute atomic E-state index is 11.6. The molecule has 7 heteroatoms. The molecule has 0 aliphatic heterocycles. The van der Waals surface area contributed by atoms with E-state index in [-0.39, 0.29) is 0 Å². The molecule has 1 aromatic rings. The van der Waals surface area contributed by atoms with E-state index >= 15 is 0 Å². The van der Waals surface area contributed by atoms with E-state index in [1.165, 1.54) is 51.4 Å². The highest BCUT2D eigenvalue weighted by atomic mass is 32.3. The first-order chi connectivity index (χ1) is 12.9. The average Bonchev–Trinajstić information content (AvgIpc) is 2.62. The number of carbonyl (C=O) groups excluding carboxylic acids is 1. The van der Waals surface area contributed by atoms with Crippen LogP contribution in [-0.4, -0.2) is 25.5 Å². The molecule has 0 aliphatic rings. The number of rotatable bonds is 15. The van der Waals surface area contributed by atoms with Gasteiger partial charge in [0.1, 0.15) is 5.75 Å². The highest BCUT2D eigenvalue weighted by molar-refractivity contribution is 7.80. The Bertz CT molecular complexity index is 642. The van der Waals surface area contributed by atoms with E-state index in [4.69, 9.17) is 9.29 Å². The van der Waals surface area contributed by atoms with Crippen molar-refractivity contribution < 1.29 is 26.7 Å². The third kappa shape index (κ3) is 12.5. The molecular formula is C20H32O6S. The van der Waals surface area contributed by atoms with Gasteiger partial charge in [-0.2, -0.15) is 8.42 Å². The van der Waals surface area contributed by atoms with Gasteiger partial charge in [0, 0.05) is 0 Å². The molecule has 0 heterocycles. The minimum atomic E-state index is -4.65. The van der Waals surface area contributed by atoms with E-state index in [0.29, 0.717) is 5.75 Å². The van der Waals surface area contributed by atoms with Gasteiger partial charge in [-0.15, -0.1) is 0 Å². The fraction of sp³-hybridized carbons (Fsp3) is 0.650. The molecule has 0 fully saturated rings. The van der Waals surface area contributed by atoms with Gasteiger partial charge in [0.25, 0.3) is 0 Å². The van der Waals surface area contributed by atoms with Crippen LogP contribution < -0.4 is 4.74 Å². The number of esters is 1. The fourth-order valence-corrected chi connectivity index (χ4v) is 3.13. The first kappa shape index (κ1) is 23.6. The van der Waals surface area contributed by atoms with E-state index in [0.717, 1.165) is 24.8 Å². The summed E-state index contributed by atoms with van der Waals surface area (Å²) in [6, 6.07) is 7.17. The number of unbranched alkanes of at least 4 members (excludes halogenated alkanes) is 9. The Balaban J connectivity index is 2.25.